The third-order valence-corrected chi connectivity index (χ3v) is 4.32. The molecule has 0 saturated carbocycles. The van der Waals surface area contributed by atoms with Crippen LogP contribution in [0.2, 0.25) is 0 Å². The van der Waals surface area contributed by atoms with Crippen LogP contribution in [0, 0.1) is 0 Å². The lowest BCUT2D eigenvalue weighted by Gasteiger charge is -2.28. The van der Waals surface area contributed by atoms with Crippen molar-refractivity contribution in [1.29, 1.82) is 0 Å². The van der Waals surface area contributed by atoms with E-state index in [0.29, 0.717) is 6.04 Å². The van der Waals surface area contributed by atoms with Gasteiger partial charge in [-0.05, 0) is 56.1 Å². The Bertz CT molecular complexity index is 424. The largest absolute Gasteiger partial charge is 0.399 e. The van der Waals surface area contributed by atoms with Crippen molar-refractivity contribution in [2.45, 2.75) is 38.9 Å². The molecule has 0 aliphatic carbocycles. The van der Waals surface area contributed by atoms with E-state index in [1.54, 1.807) is 0 Å². The summed E-state index contributed by atoms with van der Waals surface area (Å²) in [5.41, 5.74) is 9.62. The van der Waals surface area contributed by atoms with Gasteiger partial charge in [0.15, 0.2) is 0 Å². The van der Waals surface area contributed by atoms with E-state index < -0.39 is 0 Å². The molecule has 0 amide bonds. The zero-order valence-electron chi connectivity index (χ0n) is 11.2. The number of nitrogens with two attached hydrogens (primary N) is 1. The molecule has 3 nitrogen and oxygen atoms in total. The van der Waals surface area contributed by atoms with Crippen LogP contribution in [0.15, 0.2) is 18.2 Å². The van der Waals surface area contributed by atoms with E-state index >= 15 is 0 Å². The Labute approximate surface area is 110 Å². The minimum Gasteiger partial charge on any atom is -0.399 e. The highest BCUT2D eigenvalue weighted by molar-refractivity contribution is 5.46. The summed E-state index contributed by atoms with van der Waals surface area (Å²) in [6.07, 6.45) is 2.76. The molecule has 0 bridgehead atoms. The highest BCUT2D eigenvalue weighted by Crippen LogP contribution is 2.26. The molecule has 18 heavy (non-hydrogen) atoms. The molecule has 1 aromatic carbocycles. The minimum absolute atomic E-state index is 0.636. The molecule has 0 aromatic heterocycles. The third kappa shape index (κ3) is 2.38. The molecule has 1 saturated heterocycles. The van der Waals surface area contributed by atoms with Crippen LogP contribution in [0.25, 0.3) is 0 Å². The zero-order chi connectivity index (χ0) is 12.5. The fraction of sp³-hybridized carbons (Fsp3) is 0.600. The number of nitrogens with zero attached hydrogens (tertiary/aromatic N) is 2. The van der Waals surface area contributed by atoms with Crippen molar-refractivity contribution in [3.05, 3.63) is 29.3 Å². The maximum absolute atomic E-state index is 5.86. The van der Waals surface area contributed by atoms with Gasteiger partial charge in [-0.3, -0.25) is 4.90 Å². The quantitative estimate of drug-likeness (QED) is 0.827. The van der Waals surface area contributed by atoms with E-state index in [4.69, 9.17) is 5.73 Å². The fourth-order valence-corrected chi connectivity index (χ4v) is 3.21. The first-order chi connectivity index (χ1) is 8.72. The molecule has 3 heteroatoms. The maximum Gasteiger partial charge on any atom is 0.0317 e. The highest BCUT2D eigenvalue weighted by Gasteiger charge is 2.25. The van der Waals surface area contributed by atoms with Gasteiger partial charge in [-0.15, -0.1) is 0 Å². The van der Waals surface area contributed by atoms with E-state index in [1.165, 1.54) is 43.6 Å². The summed E-state index contributed by atoms with van der Waals surface area (Å²) in [7, 11) is 0. The van der Waals surface area contributed by atoms with Gasteiger partial charge in [-0.2, -0.15) is 0 Å². The van der Waals surface area contributed by atoms with Gasteiger partial charge in [-0.25, -0.2) is 0 Å². The second kappa shape index (κ2) is 4.90. The van der Waals surface area contributed by atoms with Gasteiger partial charge in [0.05, 0.1) is 0 Å². The lowest BCUT2D eigenvalue weighted by Crippen LogP contribution is -2.38. The predicted octanol–water partition coefficient (Wildman–Crippen LogP) is 2.07. The molecule has 98 valence electrons. The molecule has 2 aliphatic heterocycles. The summed E-state index contributed by atoms with van der Waals surface area (Å²) in [6, 6.07) is 6.98. The normalized spacial score (nSPS) is 22.3. The summed E-state index contributed by atoms with van der Waals surface area (Å²) < 4.78 is 0. The van der Waals surface area contributed by atoms with Crippen LogP contribution in [-0.2, 0) is 13.1 Å². The number of rotatable bonds is 3. The van der Waals surface area contributed by atoms with Gasteiger partial charge < -0.3 is 10.6 Å². The molecule has 0 radical (unpaired) electrons. The van der Waals surface area contributed by atoms with Crippen LogP contribution < -0.4 is 5.73 Å². The maximum atomic E-state index is 5.86. The highest BCUT2D eigenvalue weighted by atomic mass is 15.2. The molecule has 1 unspecified atom stereocenters. The number of fused-ring (bicyclic) bond motifs is 1. The summed E-state index contributed by atoms with van der Waals surface area (Å²) >= 11 is 0. The topological polar surface area (TPSA) is 32.5 Å². The average Bonchev–Trinajstić information content (AvgIpc) is 2.96. The number of hydrogen-bond donors (Lipinski definition) is 1. The van der Waals surface area contributed by atoms with Crippen molar-refractivity contribution in [1.82, 2.24) is 9.80 Å². The Morgan fingerprint density at radius 2 is 1.89 bits per heavy atom. The first-order valence-electron chi connectivity index (χ1n) is 7.06. The van der Waals surface area contributed by atoms with Gasteiger partial charge in [0.2, 0.25) is 0 Å². The van der Waals surface area contributed by atoms with Crippen molar-refractivity contribution in [3.8, 4) is 0 Å². The van der Waals surface area contributed by atoms with Crippen molar-refractivity contribution in [3.63, 3.8) is 0 Å². The summed E-state index contributed by atoms with van der Waals surface area (Å²) in [5.74, 6) is 0. The summed E-state index contributed by atoms with van der Waals surface area (Å²) in [6.45, 7) is 8.30. The fourth-order valence-electron chi connectivity index (χ4n) is 3.21. The van der Waals surface area contributed by atoms with Gasteiger partial charge in [-0.1, -0.05) is 6.07 Å². The predicted molar refractivity (Wildman–Crippen MR) is 75.2 cm³/mol. The molecule has 0 spiro atoms. The van der Waals surface area contributed by atoms with Crippen LogP contribution >= 0.6 is 0 Å². The van der Waals surface area contributed by atoms with Crippen LogP contribution in [0.4, 0.5) is 5.69 Å². The van der Waals surface area contributed by atoms with E-state index in [0.717, 1.165) is 18.8 Å². The van der Waals surface area contributed by atoms with Gasteiger partial charge >= 0.3 is 0 Å². The molecule has 2 heterocycles. The second-order valence-electron chi connectivity index (χ2n) is 5.79. The van der Waals surface area contributed by atoms with Crippen molar-refractivity contribution >= 4 is 5.69 Å². The minimum atomic E-state index is 0.636. The summed E-state index contributed by atoms with van der Waals surface area (Å²) in [4.78, 5) is 5.17. The molecule has 1 atom stereocenters. The van der Waals surface area contributed by atoms with Crippen LogP contribution in [0.3, 0.4) is 0 Å². The smallest absolute Gasteiger partial charge is 0.0317 e. The Kier molecular flexibility index (Phi) is 3.27. The monoisotopic (exact) mass is 245 g/mol. The number of nitrogen functional groups attached to an aromatic ring is 1. The second-order valence-corrected chi connectivity index (χ2v) is 5.79. The Balaban J connectivity index is 1.62. The van der Waals surface area contributed by atoms with Crippen molar-refractivity contribution < 1.29 is 0 Å². The Hall–Kier alpha value is -1.06. The first kappa shape index (κ1) is 12.0. The Morgan fingerprint density at radius 1 is 1.17 bits per heavy atom. The molecule has 2 N–H and O–H groups in total. The molecule has 3 rings (SSSR count). The number of likely N-dealkylation sites (tertiary alicyclic amines) is 1. The molecular weight excluding hydrogens is 222 g/mol. The van der Waals surface area contributed by atoms with Crippen LogP contribution in [0.1, 0.15) is 30.9 Å². The molecular formula is C15H23N3. The zero-order valence-corrected chi connectivity index (χ0v) is 11.2. The number of hydrogen-bond acceptors (Lipinski definition) is 3. The van der Waals surface area contributed by atoms with Gasteiger partial charge in [0.1, 0.15) is 0 Å². The lowest BCUT2D eigenvalue weighted by molar-refractivity contribution is 0.162. The number of anilines is 1. The van der Waals surface area contributed by atoms with Crippen molar-refractivity contribution in [2.75, 3.05) is 25.4 Å². The van der Waals surface area contributed by atoms with Gasteiger partial charge in [0, 0.05) is 31.4 Å². The SMILES string of the molecule is CC(CN1CCCC1)N1Cc2ccc(N)cc2C1. The van der Waals surface area contributed by atoms with Crippen LogP contribution in [-0.4, -0.2) is 35.5 Å². The van der Waals surface area contributed by atoms with Crippen molar-refractivity contribution in [2.24, 2.45) is 0 Å². The van der Waals surface area contributed by atoms with E-state index in [2.05, 4.69) is 28.9 Å². The Morgan fingerprint density at radius 3 is 2.67 bits per heavy atom. The van der Waals surface area contributed by atoms with E-state index in [9.17, 15) is 0 Å². The summed E-state index contributed by atoms with van der Waals surface area (Å²) in [5, 5.41) is 0. The van der Waals surface area contributed by atoms with E-state index in [1.807, 2.05) is 6.07 Å². The first-order valence-corrected chi connectivity index (χ1v) is 7.06. The lowest BCUT2D eigenvalue weighted by atomic mass is 10.1. The average molecular weight is 245 g/mol. The van der Waals surface area contributed by atoms with E-state index in [-0.39, 0.29) is 0 Å². The third-order valence-electron chi connectivity index (χ3n) is 4.32. The molecule has 1 fully saturated rings. The molecule has 1 aromatic rings. The standard InChI is InChI=1S/C15H23N3/c1-12(9-17-6-2-3-7-17)18-10-13-4-5-15(16)8-14(13)11-18/h4-5,8,12H,2-3,6-7,9-11,16H2,1H3. The number of benzene rings is 1. The van der Waals surface area contributed by atoms with Crippen LogP contribution in [0.5, 0.6) is 0 Å². The van der Waals surface area contributed by atoms with Gasteiger partial charge in [0.25, 0.3) is 0 Å². The molecule has 2 aliphatic rings.